The summed E-state index contributed by atoms with van der Waals surface area (Å²) in [4.78, 5) is 4.70. The van der Waals surface area contributed by atoms with Gasteiger partial charge in [-0.1, -0.05) is 36.4 Å². The fourth-order valence-electron chi connectivity index (χ4n) is 4.78. The maximum atomic E-state index is 13.4. The molecule has 0 spiro atoms. The number of aromatic nitrogens is 4. The Labute approximate surface area is 202 Å². The van der Waals surface area contributed by atoms with E-state index in [4.69, 9.17) is 9.47 Å². The Morgan fingerprint density at radius 1 is 0.857 bits per heavy atom. The highest BCUT2D eigenvalue weighted by atomic mass is 19.1. The van der Waals surface area contributed by atoms with E-state index in [1.165, 1.54) is 12.1 Å². The zero-order valence-electron chi connectivity index (χ0n) is 19.1. The number of benzene rings is 3. The molecular weight excluding hydrogens is 447 g/mol. The number of fused-ring (bicyclic) bond motifs is 1. The van der Waals surface area contributed by atoms with Crippen LogP contribution in [0.3, 0.4) is 0 Å². The molecule has 0 radical (unpaired) electrons. The summed E-state index contributed by atoms with van der Waals surface area (Å²) in [7, 11) is 0. The van der Waals surface area contributed by atoms with E-state index in [0.29, 0.717) is 6.54 Å². The molecule has 35 heavy (non-hydrogen) atoms. The van der Waals surface area contributed by atoms with Gasteiger partial charge in [0.25, 0.3) is 0 Å². The van der Waals surface area contributed by atoms with Crippen molar-refractivity contribution in [1.29, 1.82) is 0 Å². The van der Waals surface area contributed by atoms with Gasteiger partial charge in [-0.15, -0.1) is 5.10 Å². The summed E-state index contributed by atoms with van der Waals surface area (Å²) in [6, 6.07) is 22.9. The lowest BCUT2D eigenvalue weighted by Crippen LogP contribution is -2.48. The second-order valence-corrected chi connectivity index (χ2v) is 8.70. The summed E-state index contributed by atoms with van der Waals surface area (Å²) in [6.07, 6.45) is 0. The smallest absolute Gasteiger partial charge is 0.231 e. The quantitative estimate of drug-likeness (QED) is 0.426. The van der Waals surface area contributed by atoms with Crippen LogP contribution in [0.5, 0.6) is 11.5 Å². The largest absolute Gasteiger partial charge is 0.454 e. The summed E-state index contributed by atoms with van der Waals surface area (Å²) in [6.45, 7) is 4.09. The molecular formula is C26H25FN6O2. The number of ether oxygens (including phenoxy) is 2. The normalized spacial score (nSPS) is 16.4. The minimum absolute atomic E-state index is 0.0874. The molecule has 2 aliphatic rings. The summed E-state index contributed by atoms with van der Waals surface area (Å²) >= 11 is 0. The number of hydrogen-bond acceptors (Lipinski definition) is 7. The molecule has 1 fully saturated rings. The van der Waals surface area contributed by atoms with Crippen molar-refractivity contribution in [3.8, 4) is 11.5 Å². The van der Waals surface area contributed by atoms with E-state index < -0.39 is 0 Å². The zero-order valence-corrected chi connectivity index (χ0v) is 19.1. The van der Waals surface area contributed by atoms with Crippen LogP contribution >= 0.6 is 0 Å². The third-order valence-electron chi connectivity index (χ3n) is 6.56. The van der Waals surface area contributed by atoms with Crippen molar-refractivity contribution in [2.75, 3.05) is 37.9 Å². The fourth-order valence-corrected chi connectivity index (χ4v) is 4.78. The summed E-state index contributed by atoms with van der Waals surface area (Å²) in [5.41, 5.74) is 3.22. The van der Waals surface area contributed by atoms with Gasteiger partial charge in [0.05, 0.1) is 12.6 Å². The Morgan fingerprint density at radius 2 is 1.63 bits per heavy atom. The zero-order chi connectivity index (χ0) is 23.6. The Kier molecular flexibility index (Phi) is 5.75. The van der Waals surface area contributed by atoms with Crippen LogP contribution in [0.15, 0.2) is 72.8 Å². The van der Waals surface area contributed by atoms with Gasteiger partial charge in [0.2, 0.25) is 6.79 Å². The van der Waals surface area contributed by atoms with Crippen molar-refractivity contribution < 1.29 is 13.9 Å². The lowest BCUT2D eigenvalue weighted by atomic mass is 10.0. The van der Waals surface area contributed by atoms with Gasteiger partial charge in [0, 0.05) is 31.9 Å². The van der Waals surface area contributed by atoms with E-state index in [-0.39, 0.29) is 18.7 Å². The van der Waals surface area contributed by atoms with Crippen LogP contribution in [0.1, 0.15) is 23.0 Å². The number of nitrogens with zero attached hydrogens (tertiary/aromatic N) is 6. The minimum Gasteiger partial charge on any atom is -0.454 e. The fraction of sp³-hybridized carbons (Fsp3) is 0.269. The van der Waals surface area contributed by atoms with Gasteiger partial charge in [-0.25, -0.2) is 9.07 Å². The molecule has 1 atom stereocenters. The number of anilines is 1. The molecule has 3 aromatic carbocycles. The lowest BCUT2D eigenvalue weighted by Gasteiger charge is -2.39. The first-order chi connectivity index (χ1) is 17.2. The third-order valence-corrected chi connectivity index (χ3v) is 6.56. The number of piperazine rings is 1. The Hall–Kier alpha value is -3.98. The summed E-state index contributed by atoms with van der Waals surface area (Å²) in [5.74, 6) is 2.08. The maximum absolute atomic E-state index is 13.4. The number of tetrazole rings is 1. The Morgan fingerprint density at radius 3 is 2.43 bits per heavy atom. The van der Waals surface area contributed by atoms with Gasteiger partial charge in [0.15, 0.2) is 17.3 Å². The third kappa shape index (κ3) is 4.42. The molecule has 178 valence electrons. The highest BCUT2D eigenvalue weighted by Crippen LogP contribution is 2.33. The molecule has 4 aromatic rings. The minimum atomic E-state index is -0.217. The van der Waals surface area contributed by atoms with E-state index in [1.54, 1.807) is 0 Å². The summed E-state index contributed by atoms with van der Waals surface area (Å²) < 4.78 is 26.2. The van der Waals surface area contributed by atoms with Crippen molar-refractivity contribution in [2.45, 2.75) is 12.6 Å². The molecule has 0 amide bonds. The van der Waals surface area contributed by atoms with Crippen molar-refractivity contribution in [3.05, 3.63) is 95.6 Å². The molecule has 0 aliphatic carbocycles. The second-order valence-electron chi connectivity index (χ2n) is 8.70. The van der Waals surface area contributed by atoms with E-state index >= 15 is 0 Å². The molecule has 9 heteroatoms. The van der Waals surface area contributed by atoms with Gasteiger partial charge in [-0.05, 0) is 58.0 Å². The van der Waals surface area contributed by atoms with Gasteiger partial charge < -0.3 is 14.4 Å². The van der Waals surface area contributed by atoms with Crippen LogP contribution in [0.2, 0.25) is 0 Å². The molecule has 1 aromatic heterocycles. The van der Waals surface area contributed by atoms with Gasteiger partial charge in [-0.3, -0.25) is 4.90 Å². The van der Waals surface area contributed by atoms with E-state index in [2.05, 4.69) is 37.5 Å². The van der Waals surface area contributed by atoms with Gasteiger partial charge in [0.1, 0.15) is 5.82 Å². The Bertz CT molecular complexity index is 1290. The van der Waals surface area contributed by atoms with Crippen LogP contribution in [-0.4, -0.2) is 58.1 Å². The topological polar surface area (TPSA) is 68.5 Å². The number of hydrogen-bond donors (Lipinski definition) is 0. The second kappa shape index (κ2) is 9.34. The van der Waals surface area contributed by atoms with Crippen molar-refractivity contribution in [2.24, 2.45) is 0 Å². The van der Waals surface area contributed by atoms with Crippen molar-refractivity contribution >= 4 is 5.69 Å². The first-order valence-electron chi connectivity index (χ1n) is 11.7. The van der Waals surface area contributed by atoms with E-state index in [1.807, 2.05) is 53.2 Å². The van der Waals surface area contributed by atoms with Crippen LogP contribution in [0.4, 0.5) is 10.1 Å². The monoisotopic (exact) mass is 472 g/mol. The van der Waals surface area contributed by atoms with Crippen molar-refractivity contribution in [1.82, 2.24) is 25.1 Å². The highest BCUT2D eigenvalue weighted by molar-refractivity contribution is 5.47. The first kappa shape index (κ1) is 21.5. The molecule has 0 N–H and O–H groups in total. The van der Waals surface area contributed by atoms with Crippen LogP contribution in [0.25, 0.3) is 0 Å². The Balaban J connectivity index is 1.26. The molecule has 8 nitrogen and oxygen atoms in total. The number of halogens is 1. The molecule has 2 aliphatic heterocycles. The number of rotatable bonds is 6. The van der Waals surface area contributed by atoms with Crippen LogP contribution in [-0.2, 0) is 6.54 Å². The predicted molar refractivity (Wildman–Crippen MR) is 128 cm³/mol. The van der Waals surface area contributed by atoms with Gasteiger partial charge >= 0.3 is 0 Å². The molecule has 0 saturated carbocycles. The van der Waals surface area contributed by atoms with Crippen LogP contribution < -0.4 is 14.4 Å². The lowest BCUT2D eigenvalue weighted by molar-refractivity contribution is 0.174. The van der Waals surface area contributed by atoms with Gasteiger partial charge in [-0.2, -0.15) is 0 Å². The standard InChI is InChI=1S/C26H25FN6O2/c27-21-7-9-22(10-8-21)31-12-14-32(15-13-31)25(20-4-2-1-3-5-20)26-28-29-30-33(26)17-19-6-11-23-24(16-19)35-18-34-23/h1-11,16,25H,12-15,17-18H2. The molecule has 6 rings (SSSR count). The average molecular weight is 473 g/mol. The molecule has 0 bridgehead atoms. The van der Waals surface area contributed by atoms with Crippen LogP contribution in [0, 0.1) is 5.82 Å². The van der Waals surface area contributed by atoms with Crippen molar-refractivity contribution in [3.63, 3.8) is 0 Å². The maximum Gasteiger partial charge on any atom is 0.231 e. The molecule has 1 unspecified atom stereocenters. The summed E-state index contributed by atoms with van der Waals surface area (Å²) in [5, 5.41) is 12.8. The molecule has 1 saturated heterocycles. The first-order valence-corrected chi connectivity index (χ1v) is 11.7. The highest BCUT2D eigenvalue weighted by Gasteiger charge is 2.31. The average Bonchev–Trinajstić information content (AvgIpc) is 3.55. The predicted octanol–water partition coefficient (Wildman–Crippen LogP) is 3.50. The van der Waals surface area contributed by atoms with E-state index in [9.17, 15) is 4.39 Å². The SMILES string of the molecule is Fc1ccc(N2CCN(C(c3ccccc3)c3nnnn3Cc3ccc4c(c3)OCO4)CC2)cc1. The molecule has 3 heterocycles. The van der Waals surface area contributed by atoms with E-state index in [0.717, 1.165) is 60.3 Å².